The van der Waals surface area contributed by atoms with Gasteiger partial charge in [-0.3, -0.25) is 10.1 Å². The van der Waals surface area contributed by atoms with Crippen LogP contribution in [-0.4, -0.2) is 16.1 Å². The predicted molar refractivity (Wildman–Crippen MR) is 84.1 cm³/mol. The van der Waals surface area contributed by atoms with Crippen LogP contribution in [0.2, 0.25) is 0 Å². The smallest absolute Gasteiger partial charge is 0.258 e. The van der Waals surface area contributed by atoms with Gasteiger partial charge in [0.2, 0.25) is 5.13 Å². The van der Waals surface area contributed by atoms with Gasteiger partial charge in [-0.05, 0) is 47.2 Å². The first-order chi connectivity index (χ1) is 8.60. The van der Waals surface area contributed by atoms with Gasteiger partial charge in [-0.15, -0.1) is 10.2 Å². The molecule has 18 heavy (non-hydrogen) atoms. The second-order valence-electron chi connectivity index (χ2n) is 3.43. The van der Waals surface area contributed by atoms with E-state index in [1.807, 2.05) is 19.1 Å². The first-order valence-electron chi connectivity index (χ1n) is 5.19. The van der Waals surface area contributed by atoms with E-state index in [0.29, 0.717) is 10.7 Å². The Hall–Kier alpha value is -0.540. The average molecular weight is 438 g/mol. The van der Waals surface area contributed by atoms with Gasteiger partial charge in [-0.1, -0.05) is 34.2 Å². The molecule has 2 rings (SSSR count). The highest BCUT2D eigenvalue weighted by Gasteiger charge is 2.13. The first kappa shape index (κ1) is 13.9. The Morgan fingerprint density at radius 3 is 2.94 bits per heavy atom. The number of carbonyl (C=O) groups is 1. The second-order valence-corrected chi connectivity index (χ2v) is 6.57. The molecule has 0 saturated carbocycles. The number of rotatable bonds is 3. The van der Waals surface area contributed by atoms with Crippen LogP contribution in [0.3, 0.4) is 0 Å². The van der Waals surface area contributed by atoms with Gasteiger partial charge in [-0.2, -0.15) is 0 Å². The van der Waals surface area contributed by atoms with Crippen LogP contribution < -0.4 is 5.32 Å². The Bertz CT molecular complexity index is 587. The van der Waals surface area contributed by atoms with Gasteiger partial charge in [0.25, 0.3) is 5.91 Å². The SMILES string of the molecule is CCc1nnc(NC(=O)c2cc(Br)ccc2I)s1. The van der Waals surface area contributed by atoms with Gasteiger partial charge in [0.05, 0.1) is 5.56 Å². The number of amides is 1. The van der Waals surface area contributed by atoms with Crippen LogP contribution in [-0.2, 0) is 6.42 Å². The van der Waals surface area contributed by atoms with Gasteiger partial charge in [-0.25, -0.2) is 0 Å². The number of hydrogen-bond acceptors (Lipinski definition) is 4. The lowest BCUT2D eigenvalue weighted by atomic mass is 10.2. The molecule has 0 atom stereocenters. The summed E-state index contributed by atoms with van der Waals surface area (Å²) in [6, 6.07) is 5.58. The number of nitrogens with one attached hydrogen (secondary N) is 1. The topological polar surface area (TPSA) is 54.9 Å². The molecule has 0 unspecified atom stereocenters. The van der Waals surface area contributed by atoms with Crippen molar-refractivity contribution in [2.45, 2.75) is 13.3 Å². The van der Waals surface area contributed by atoms with Gasteiger partial charge in [0.1, 0.15) is 5.01 Å². The fourth-order valence-corrected chi connectivity index (χ4v) is 2.90. The summed E-state index contributed by atoms with van der Waals surface area (Å²) in [5, 5.41) is 12.1. The van der Waals surface area contributed by atoms with E-state index in [1.165, 1.54) is 11.3 Å². The quantitative estimate of drug-likeness (QED) is 0.744. The summed E-state index contributed by atoms with van der Waals surface area (Å²) in [6.45, 7) is 2.00. The van der Waals surface area contributed by atoms with Crippen molar-refractivity contribution in [3.8, 4) is 0 Å². The number of halogens is 2. The largest absolute Gasteiger partial charge is 0.296 e. The molecule has 7 heteroatoms. The third-order valence-electron chi connectivity index (χ3n) is 2.16. The average Bonchev–Trinajstić information content (AvgIpc) is 2.80. The second kappa shape index (κ2) is 6.07. The van der Waals surface area contributed by atoms with Crippen molar-refractivity contribution in [3.63, 3.8) is 0 Å². The van der Waals surface area contributed by atoms with Crippen LogP contribution in [0.15, 0.2) is 22.7 Å². The number of aromatic nitrogens is 2. The Morgan fingerprint density at radius 1 is 1.50 bits per heavy atom. The summed E-state index contributed by atoms with van der Waals surface area (Å²) < 4.78 is 1.77. The van der Waals surface area contributed by atoms with E-state index in [1.54, 1.807) is 6.07 Å². The standard InChI is InChI=1S/C11H9BrIN3OS/c1-2-9-15-16-11(18-9)14-10(17)7-5-6(12)3-4-8(7)13/h3-5H,2H2,1H3,(H,14,16,17). The van der Waals surface area contributed by atoms with Crippen molar-refractivity contribution in [3.05, 3.63) is 36.8 Å². The molecule has 1 N–H and O–H groups in total. The summed E-state index contributed by atoms with van der Waals surface area (Å²) >= 11 is 6.89. The van der Waals surface area contributed by atoms with Crippen LogP contribution in [0.25, 0.3) is 0 Å². The van der Waals surface area contributed by atoms with Crippen LogP contribution >= 0.6 is 49.9 Å². The lowest BCUT2D eigenvalue weighted by Gasteiger charge is -2.04. The summed E-state index contributed by atoms with van der Waals surface area (Å²) in [7, 11) is 0. The van der Waals surface area contributed by atoms with Gasteiger partial charge < -0.3 is 0 Å². The van der Waals surface area contributed by atoms with Crippen LogP contribution in [0.5, 0.6) is 0 Å². The molecule has 0 aliphatic rings. The Balaban J connectivity index is 2.19. The van der Waals surface area contributed by atoms with E-state index in [2.05, 4.69) is 54.0 Å². The van der Waals surface area contributed by atoms with E-state index < -0.39 is 0 Å². The molecule has 0 bridgehead atoms. The summed E-state index contributed by atoms with van der Waals surface area (Å²) in [5.74, 6) is -0.167. The Kier molecular flexibility index (Phi) is 4.68. The molecule has 0 fully saturated rings. The Labute approximate surface area is 130 Å². The highest BCUT2D eigenvalue weighted by Crippen LogP contribution is 2.21. The monoisotopic (exact) mass is 437 g/mol. The fraction of sp³-hybridized carbons (Fsp3) is 0.182. The van der Waals surface area contributed by atoms with Crippen molar-refractivity contribution >= 4 is 60.9 Å². The minimum atomic E-state index is -0.167. The van der Waals surface area contributed by atoms with Gasteiger partial charge in [0, 0.05) is 8.04 Å². The van der Waals surface area contributed by atoms with Gasteiger partial charge >= 0.3 is 0 Å². The minimum Gasteiger partial charge on any atom is -0.296 e. The molecular weight excluding hydrogens is 429 g/mol. The molecule has 1 aromatic carbocycles. The molecule has 1 heterocycles. The number of carbonyl (C=O) groups excluding carboxylic acids is 1. The van der Waals surface area contributed by atoms with E-state index >= 15 is 0 Å². The number of nitrogens with zero attached hydrogens (tertiary/aromatic N) is 2. The summed E-state index contributed by atoms with van der Waals surface area (Å²) in [4.78, 5) is 12.1. The summed E-state index contributed by atoms with van der Waals surface area (Å²) in [6.07, 6.45) is 0.821. The van der Waals surface area contributed by atoms with Gasteiger partial charge in [0.15, 0.2) is 0 Å². The maximum absolute atomic E-state index is 12.1. The number of anilines is 1. The van der Waals surface area contributed by atoms with Crippen LogP contribution in [0.1, 0.15) is 22.3 Å². The molecule has 0 aliphatic heterocycles. The highest BCUT2D eigenvalue weighted by molar-refractivity contribution is 14.1. The van der Waals surface area contributed by atoms with Crippen molar-refractivity contribution < 1.29 is 4.79 Å². The lowest BCUT2D eigenvalue weighted by molar-refractivity contribution is 0.102. The molecule has 0 saturated heterocycles. The van der Waals surface area contributed by atoms with E-state index in [4.69, 9.17) is 0 Å². The molecule has 1 amide bonds. The molecule has 0 radical (unpaired) electrons. The lowest BCUT2D eigenvalue weighted by Crippen LogP contribution is -2.13. The van der Waals surface area contributed by atoms with Crippen molar-refractivity contribution in [1.82, 2.24) is 10.2 Å². The minimum absolute atomic E-state index is 0.167. The molecule has 2 aromatic rings. The van der Waals surface area contributed by atoms with Crippen LogP contribution in [0.4, 0.5) is 5.13 Å². The predicted octanol–water partition coefficient (Wildman–Crippen LogP) is 3.72. The summed E-state index contributed by atoms with van der Waals surface area (Å²) in [5.41, 5.74) is 0.623. The Morgan fingerprint density at radius 2 is 2.28 bits per heavy atom. The zero-order chi connectivity index (χ0) is 13.1. The first-order valence-corrected chi connectivity index (χ1v) is 7.87. The third-order valence-corrected chi connectivity index (χ3v) is 4.58. The maximum Gasteiger partial charge on any atom is 0.258 e. The molecule has 0 spiro atoms. The van der Waals surface area contributed by atoms with Crippen molar-refractivity contribution in [2.24, 2.45) is 0 Å². The zero-order valence-electron chi connectivity index (χ0n) is 9.41. The molecule has 4 nitrogen and oxygen atoms in total. The van der Waals surface area contributed by atoms with Crippen LogP contribution in [0, 0.1) is 3.57 Å². The number of hydrogen-bond donors (Lipinski definition) is 1. The molecular formula is C11H9BrIN3OS. The highest BCUT2D eigenvalue weighted by atomic mass is 127. The number of benzene rings is 1. The molecule has 1 aromatic heterocycles. The van der Waals surface area contributed by atoms with Crippen molar-refractivity contribution in [1.29, 1.82) is 0 Å². The third kappa shape index (κ3) is 3.27. The van der Waals surface area contributed by atoms with Crippen molar-refractivity contribution in [2.75, 3.05) is 5.32 Å². The fourth-order valence-electron chi connectivity index (χ4n) is 1.28. The van der Waals surface area contributed by atoms with E-state index in [-0.39, 0.29) is 5.91 Å². The zero-order valence-corrected chi connectivity index (χ0v) is 14.0. The van der Waals surface area contributed by atoms with E-state index in [9.17, 15) is 4.79 Å². The number of aryl methyl sites for hydroxylation is 1. The molecule has 94 valence electrons. The maximum atomic E-state index is 12.1. The normalized spacial score (nSPS) is 10.4. The van der Waals surface area contributed by atoms with E-state index in [0.717, 1.165) is 19.5 Å². The molecule has 0 aliphatic carbocycles.